The van der Waals surface area contributed by atoms with Crippen molar-refractivity contribution in [1.29, 1.82) is 5.26 Å². The molecule has 0 bridgehead atoms. The Morgan fingerprint density at radius 2 is 2.09 bits per heavy atom. The van der Waals surface area contributed by atoms with Crippen LogP contribution in [0.4, 0.5) is 5.69 Å². The van der Waals surface area contributed by atoms with Gasteiger partial charge in [-0.05, 0) is 25.5 Å². The summed E-state index contributed by atoms with van der Waals surface area (Å²) in [4.78, 5) is 23.3. The molecule has 0 saturated carbocycles. The topological polar surface area (TPSA) is 82.0 Å². The number of rotatable bonds is 8. The van der Waals surface area contributed by atoms with Gasteiger partial charge in [-0.1, -0.05) is 31.9 Å². The molecule has 1 aromatic carbocycles. The molecule has 0 aliphatic carbocycles. The van der Waals surface area contributed by atoms with Crippen molar-refractivity contribution in [3.05, 3.63) is 41.6 Å². The van der Waals surface area contributed by atoms with Crippen LogP contribution >= 0.6 is 0 Å². The first-order valence-electron chi connectivity index (χ1n) is 7.34. The van der Waals surface area contributed by atoms with Gasteiger partial charge < -0.3 is 10.6 Å². The molecule has 0 spiro atoms. The Bertz CT molecular complexity index is 600. The highest BCUT2D eigenvalue weighted by Gasteiger charge is 2.10. The predicted octanol–water partition coefficient (Wildman–Crippen LogP) is 3.01. The lowest BCUT2D eigenvalue weighted by Crippen LogP contribution is -2.17. The average Bonchev–Trinajstić information content (AvgIpc) is 2.51. The zero-order valence-electron chi connectivity index (χ0n) is 13.0. The van der Waals surface area contributed by atoms with E-state index in [0.717, 1.165) is 25.8 Å². The first kappa shape index (κ1) is 17.4. The lowest BCUT2D eigenvalue weighted by molar-refractivity contribution is -0.112. The Morgan fingerprint density at radius 1 is 1.32 bits per heavy atom. The number of benzene rings is 1. The second kappa shape index (κ2) is 9.35. The number of hydrogen-bond acceptors (Lipinski definition) is 4. The van der Waals surface area contributed by atoms with Gasteiger partial charge in [0.25, 0.3) is 5.91 Å². The fraction of sp³-hybridized carbons (Fsp3) is 0.353. The van der Waals surface area contributed by atoms with Gasteiger partial charge in [0.05, 0.1) is 0 Å². The summed E-state index contributed by atoms with van der Waals surface area (Å²) < 4.78 is 0. The molecule has 1 amide bonds. The summed E-state index contributed by atoms with van der Waals surface area (Å²) in [5, 5.41) is 14.6. The number of amides is 1. The Morgan fingerprint density at radius 3 is 2.73 bits per heavy atom. The zero-order chi connectivity index (χ0) is 16.4. The third kappa shape index (κ3) is 5.80. The maximum atomic E-state index is 12.0. The molecule has 0 radical (unpaired) electrons. The van der Waals surface area contributed by atoms with E-state index in [-0.39, 0.29) is 11.4 Å². The van der Waals surface area contributed by atoms with E-state index in [0.29, 0.717) is 11.3 Å². The van der Waals surface area contributed by atoms with Crippen molar-refractivity contribution in [3.8, 4) is 6.07 Å². The number of nitrogens with zero attached hydrogens (tertiary/aromatic N) is 1. The summed E-state index contributed by atoms with van der Waals surface area (Å²) in [6.07, 6.45) is 4.64. The molecule has 22 heavy (non-hydrogen) atoms. The second-order valence-electron chi connectivity index (χ2n) is 4.92. The molecule has 0 heterocycles. The highest BCUT2D eigenvalue weighted by atomic mass is 16.1. The predicted molar refractivity (Wildman–Crippen MR) is 86.3 cm³/mol. The van der Waals surface area contributed by atoms with Crippen molar-refractivity contribution in [2.24, 2.45) is 0 Å². The SMILES string of the molecule is CCCCCN/C=C(/C#N)C(=O)Nc1cccc(C(C)=O)c1. The van der Waals surface area contributed by atoms with Gasteiger partial charge >= 0.3 is 0 Å². The molecule has 0 unspecified atom stereocenters. The molecule has 0 aliphatic heterocycles. The molecular formula is C17H21N3O2. The number of carbonyl (C=O) groups is 2. The van der Waals surface area contributed by atoms with Crippen molar-refractivity contribution >= 4 is 17.4 Å². The number of carbonyl (C=O) groups excluding carboxylic acids is 2. The van der Waals surface area contributed by atoms with E-state index < -0.39 is 5.91 Å². The maximum Gasteiger partial charge on any atom is 0.267 e. The number of hydrogen-bond donors (Lipinski definition) is 2. The van der Waals surface area contributed by atoms with E-state index in [1.165, 1.54) is 13.1 Å². The Kier molecular flexibility index (Phi) is 7.41. The zero-order valence-corrected chi connectivity index (χ0v) is 13.0. The van der Waals surface area contributed by atoms with Crippen LogP contribution in [0.3, 0.4) is 0 Å². The van der Waals surface area contributed by atoms with Crippen molar-refractivity contribution in [3.63, 3.8) is 0 Å². The Balaban J connectivity index is 2.65. The molecule has 2 N–H and O–H groups in total. The fourth-order valence-corrected chi connectivity index (χ4v) is 1.81. The van der Waals surface area contributed by atoms with Crippen LogP contribution in [-0.4, -0.2) is 18.2 Å². The minimum atomic E-state index is -0.494. The molecule has 1 aromatic rings. The van der Waals surface area contributed by atoms with E-state index in [1.54, 1.807) is 24.3 Å². The van der Waals surface area contributed by atoms with Crippen molar-refractivity contribution in [2.75, 3.05) is 11.9 Å². The standard InChI is InChI=1S/C17H21N3O2/c1-3-4-5-9-19-12-15(11-18)17(22)20-16-8-6-7-14(10-16)13(2)21/h6-8,10,12,19H,3-5,9H2,1-2H3,(H,20,22)/b15-12-. The number of nitrogens with one attached hydrogen (secondary N) is 2. The van der Waals surface area contributed by atoms with E-state index in [4.69, 9.17) is 5.26 Å². The van der Waals surface area contributed by atoms with E-state index in [2.05, 4.69) is 17.6 Å². The molecule has 116 valence electrons. The van der Waals surface area contributed by atoms with Gasteiger partial charge in [-0.15, -0.1) is 0 Å². The van der Waals surface area contributed by atoms with Gasteiger partial charge in [-0.3, -0.25) is 9.59 Å². The molecule has 5 heteroatoms. The third-order valence-electron chi connectivity index (χ3n) is 3.06. The van der Waals surface area contributed by atoms with Gasteiger partial charge in [0.2, 0.25) is 0 Å². The largest absolute Gasteiger partial charge is 0.390 e. The summed E-state index contributed by atoms with van der Waals surface area (Å²) in [6.45, 7) is 4.30. The van der Waals surface area contributed by atoms with Crippen LogP contribution < -0.4 is 10.6 Å². The summed E-state index contributed by atoms with van der Waals surface area (Å²) in [5.41, 5.74) is 1.01. The highest BCUT2D eigenvalue weighted by molar-refractivity contribution is 6.07. The molecular weight excluding hydrogens is 278 g/mol. The van der Waals surface area contributed by atoms with Crippen LogP contribution in [0.15, 0.2) is 36.0 Å². The number of nitriles is 1. The smallest absolute Gasteiger partial charge is 0.267 e. The minimum Gasteiger partial charge on any atom is -0.390 e. The van der Waals surface area contributed by atoms with Gasteiger partial charge in [0.15, 0.2) is 5.78 Å². The summed E-state index contributed by atoms with van der Waals surface area (Å²) in [7, 11) is 0. The maximum absolute atomic E-state index is 12.0. The van der Waals surface area contributed by atoms with E-state index in [9.17, 15) is 9.59 Å². The molecule has 0 fully saturated rings. The number of ketones is 1. The summed E-state index contributed by atoms with van der Waals surface area (Å²) >= 11 is 0. The van der Waals surface area contributed by atoms with E-state index >= 15 is 0 Å². The second-order valence-corrected chi connectivity index (χ2v) is 4.92. The summed E-state index contributed by atoms with van der Waals surface area (Å²) in [6, 6.07) is 8.49. The lowest BCUT2D eigenvalue weighted by Gasteiger charge is -2.06. The van der Waals surface area contributed by atoms with Crippen molar-refractivity contribution in [2.45, 2.75) is 33.1 Å². The van der Waals surface area contributed by atoms with Gasteiger partial charge in [-0.2, -0.15) is 5.26 Å². The fourth-order valence-electron chi connectivity index (χ4n) is 1.81. The van der Waals surface area contributed by atoms with E-state index in [1.807, 2.05) is 6.07 Å². The van der Waals surface area contributed by atoms with Gasteiger partial charge in [-0.25, -0.2) is 0 Å². The molecule has 0 aliphatic rings. The third-order valence-corrected chi connectivity index (χ3v) is 3.06. The first-order valence-corrected chi connectivity index (χ1v) is 7.34. The van der Waals surface area contributed by atoms with Crippen molar-refractivity contribution < 1.29 is 9.59 Å². The van der Waals surface area contributed by atoms with Crippen LogP contribution in [0, 0.1) is 11.3 Å². The molecule has 1 rings (SSSR count). The monoisotopic (exact) mass is 299 g/mol. The number of unbranched alkanes of at least 4 members (excludes halogenated alkanes) is 2. The summed E-state index contributed by atoms with van der Waals surface area (Å²) in [5.74, 6) is -0.573. The molecule has 0 saturated heterocycles. The Labute approximate surface area is 131 Å². The lowest BCUT2D eigenvalue weighted by atomic mass is 10.1. The highest BCUT2D eigenvalue weighted by Crippen LogP contribution is 2.12. The van der Waals surface area contributed by atoms with Crippen molar-refractivity contribution in [1.82, 2.24) is 5.32 Å². The molecule has 5 nitrogen and oxygen atoms in total. The average molecular weight is 299 g/mol. The quantitative estimate of drug-likeness (QED) is 0.334. The number of Topliss-reactive ketones (excluding diaryl/α,β-unsaturated/α-hetero) is 1. The van der Waals surface area contributed by atoms with Crippen LogP contribution in [0.25, 0.3) is 0 Å². The molecule has 0 aromatic heterocycles. The molecule has 0 atom stereocenters. The van der Waals surface area contributed by atoms with Crippen LogP contribution in [0.2, 0.25) is 0 Å². The van der Waals surface area contributed by atoms with Crippen LogP contribution in [0.5, 0.6) is 0 Å². The van der Waals surface area contributed by atoms with Gasteiger partial charge in [0.1, 0.15) is 11.6 Å². The first-order chi connectivity index (χ1) is 10.6. The number of anilines is 1. The minimum absolute atomic E-state index is 0.00438. The Hall–Kier alpha value is -2.61. The normalized spacial score (nSPS) is 10.7. The van der Waals surface area contributed by atoms with Crippen LogP contribution in [0.1, 0.15) is 43.5 Å². The van der Waals surface area contributed by atoms with Crippen LogP contribution in [-0.2, 0) is 4.79 Å². The van der Waals surface area contributed by atoms with Gasteiger partial charge in [0, 0.05) is 24.0 Å².